The molecular weight excluding hydrogens is 424 g/mol. The van der Waals surface area contributed by atoms with E-state index in [9.17, 15) is 4.79 Å². The zero-order chi connectivity index (χ0) is 22.2. The number of aromatic nitrogens is 4. The number of aryl methyl sites for hydroxylation is 2. The van der Waals surface area contributed by atoms with E-state index in [1.807, 2.05) is 17.8 Å². The van der Waals surface area contributed by atoms with Crippen molar-refractivity contribution in [2.75, 3.05) is 37.7 Å². The minimum atomic E-state index is 0.110. The predicted molar refractivity (Wildman–Crippen MR) is 126 cm³/mol. The molecule has 3 aromatic rings. The molecule has 3 aromatic heterocycles. The van der Waals surface area contributed by atoms with E-state index in [2.05, 4.69) is 32.2 Å². The number of nitrogens with one attached hydrogen (secondary N) is 1. The van der Waals surface area contributed by atoms with E-state index in [-0.39, 0.29) is 5.78 Å². The van der Waals surface area contributed by atoms with Gasteiger partial charge in [-0.15, -0.1) is 11.3 Å². The summed E-state index contributed by atoms with van der Waals surface area (Å²) in [6, 6.07) is 0. The van der Waals surface area contributed by atoms with Crippen LogP contribution < -0.4 is 9.64 Å². The summed E-state index contributed by atoms with van der Waals surface area (Å²) in [6.45, 7) is 12.2. The number of nitrogens with zero attached hydrogens (tertiary/aromatic N) is 5. The highest BCUT2D eigenvalue weighted by Crippen LogP contribution is 2.33. The van der Waals surface area contributed by atoms with Crippen molar-refractivity contribution in [3.8, 4) is 17.3 Å². The molecule has 1 fully saturated rings. The van der Waals surface area contributed by atoms with Gasteiger partial charge >= 0.3 is 0 Å². The summed E-state index contributed by atoms with van der Waals surface area (Å²) < 4.78 is 7.83. The zero-order valence-electron chi connectivity index (χ0n) is 19.0. The maximum atomic E-state index is 12.1. The number of H-pyrrole nitrogens is 1. The third kappa shape index (κ3) is 3.84. The summed E-state index contributed by atoms with van der Waals surface area (Å²) >= 11 is 1.68. The predicted octanol–water partition coefficient (Wildman–Crippen LogP) is 3.51. The Balaban J connectivity index is 1.25. The maximum absolute atomic E-state index is 12.1. The summed E-state index contributed by atoms with van der Waals surface area (Å²) in [6.07, 6.45) is 3.79. The fourth-order valence-electron chi connectivity index (χ4n) is 4.82. The van der Waals surface area contributed by atoms with Gasteiger partial charge in [-0.05, 0) is 25.8 Å². The molecule has 5 heterocycles. The molecular formula is C23H30N6O2S. The molecule has 9 heteroatoms. The van der Waals surface area contributed by atoms with E-state index in [0.29, 0.717) is 0 Å². The summed E-state index contributed by atoms with van der Waals surface area (Å²) in [5, 5.41) is 7.62. The SMILES string of the molecule is CCc1c(-c2csc(N3CCN(Cc4cnn5c4OCCC5)CC3)n2)[nH]c(C)c1C(C)=O. The van der Waals surface area contributed by atoms with E-state index >= 15 is 0 Å². The van der Waals surface area contributed by atoms with Crippen molar-refractivity contribution in [2.24, 2.45) is 0 Å². The van der Waals surface area contributed by atoms with Crippen LogP contribution in [0.3, 0.4) is 0 Å². The molecule has 0 spiro atoms. The third-order valence-electron chi connectivity index (χ3n) is 6.40. The Labute approximate surface area is 192 Å². The summed E-state index contributed by atoms with van der Waals surface area (Å²) in [5.74, 6) is 1.06. The van der Waals surface area contributed by atoms with Crippen LogP contribution in [0.4, 0.5) is 5.13 Å². The highest BCUT2D eigenvalue weighted by Gasteiger charge is 2.24. The smallest absolute Gasteiger partial charge is 0.216 e. The number of carbonyl (C=O) groups is 1. The van der Waals surface area contributed by atoms with Gasteiger partial charge in [-0.3, -0.25) is 9.69 Å². The number of carbonyl (C=O) groups excluding carboxylic acids is 1. The molecule has 0 radical (unpaired) electrons. The van der Waals surface area contributed by atoms with E-state index in [4.69, 9.17) is 9.72 Å². The van der Waals surface area contributed by atoms with Crippen molar-refractivity contribution in [2.45, 2.75) is 46.7 Å². The molecule has 5 rings (SSSR count). The Morgan fingerprint density at radius 1 is 1.25 bits per heavy atom. The monoisotopic (exact) mass is 454 g/mol. The number of anilines is 1. The third-order valence-corrected chi connectivity index (χ3v) is 7.30. The molecule has 0 aromatic carbocycles. The molecule has 170 valence electrons. The van der Waals surface area contributed by atoms with Crippen molar-refractivity contribution in [1.82, 2.24) is 24.6 Å². The summed E-state index contributed by atoms with van der Waals surface area (Å²) in [4.78, 5) is 25.3. The number of thiazole rings is 1. The number of fused-ring (bicyclic) bond motifs is 1. The molecule has 2 aliphatic heterocycles. The van der Waals surface area contributed by atoms with E-state index in [1.54, 1.807) is 18.3 Å². The number of rotatable bonds is 6. The second kappa shape index (κ2) is 8.71. The fourth-order valence-corrected chi connectivity index (χ4v) is 5.69. The van der Waals surface area contributed by atoms with Crippen LogP contribution in [-0.2, 0) is 19.5 Å². The first-order valence-electron chi connectivity index (χ1n) is 11.4. The number of hydrogen-bond donors (Lipinski definition) is 1. The quantitative estimate of drug-likeness (QED) is 0.574. The fraction of sp³-hybridized carbons (Fsp3) is 0.522. The molecule has 0 bridgehead atoms. The van der Waals surface area contributed by atoms with Gasteiger partial charge < -0.3 is 14.6 Å². The Morgan fingerprint density at radius 3 is 2.81 bits per heavy atom. The molecule has 1 saturated heterocycles. The molecule has 0 atom stereocenters. The molecule has 0 amide bonds. The molecule has 2 aliphatic rings. The lowest BCUT2D eigenvalue weighted by Crippen LogP contribution is -2.46. The second-order valence-electron chi connectivity index (χ2n) is 8.57. The Hall–Kier alpha value is -2.65. The molecule has 0 unspecified atom stereocenters. The first-order valence-corrected chi connectivity index (χ1v) is 12.3. The van der Waals surface area contributed by atoms with Gasteiger partial charge in [0.2, 0.25) is 5.88 Å². The Bertz CT molecular complexity index is 1120. The number of piperazine rings is 1. The Morgan fingerprint density at radius 2 is 2.06 bits per heavy atom. The number of ketones is 1. The van der Waals surface area contributed by atoms with E-state index in [0.717, 1.165) is 97.9 Å². The van der Waals surface area contributed by atoms with Gasteiger partial charge in [-0.1, -0.05) is 6.92 Å². The normalized spacial score (nSPS) is 16.8. The number of aromatic amines is 1. The first kappa shape index (κ1) is 21.2. The van der Waals surface area contributed by atoms with E-state index < -0.39 is 0 Å². The average molecular weight is 455 g/mol. The number of Topliss-reactive ketones (excluding diaryl/α,β-unsaturated/α-hetero) is 1. The van der Waals surface area contributed by atoms with Crippen molar-refractivity contribution in [3.63, 3.8) is 0 Å². The average Bonchev–Trinajstić information content (AvgIpc) is 3.51. The molecule has 1 N–H and O–H groups in total. The van der Waals surface area contributed by atoms with Crippen LogP contribution in [0.15, 0.2) is 11.6 Å². The van der Waals surface area contributed by atoms with Gasteiger partial charge in [-0.2, -0.15) is 5.10 Å². The van der Waals surface area contributed by atoms with Gasteiger partial charge in [0.1, 0.15) is 5.69 Å². The van der Waals surface area contributed by atoms with Gasteiger partial charge in [-0.25, -0.2) is 9.67 Å². The number of hydrogen-bond acceptors (Lipinski definition) is 7. The van der Waals surface area contributed by atoms with Crippen molar-refractivity contribution in [1.29, 1.82) is 0 Å². The Kier molecular flexibility index (Phi) is 5.77. The lowest BCUT2D eigenvalue weighted by atomic mass is 10.0. The van der Waals surface area contributed by atoms with Gasteiger partial charge in [0.25, 0.3) is 0 Å². The van der Waals surface area contributed by atoms with Crippen LogP contribution in [0.25, 0.3) is 11.4 Å². The van der Waals surface area contributed by atoms with Gasteiger partial charge in [0.15, 0.2) is 10.9 Å². The maximum Gasteiger partial charge on any atom is 0.216 e. The second-order valence-corrected chi connectivity index (χ2v) is 9.40. The lowest BCUT2D eigenvalue weighted by molar-refractivity contribution is 0.101. The highest BCUT2D eigenvalue weighted by molar-refractivity contribution is 7.14. The molecule has 32 heavy (non-hydrogen) atoms. The molecule has 8 nitrogen and oxygen atoms in total. The summed E-state index contributed by atoms with van der Waals surface area (Å²) in [7, 11) is 0. The van der Waals surface area contributed by atoms with Crippen molar-refractivity contribution in [3.05, 3.63) is 34.0 Å². The number of ether oxygens (including phenoxy) is 1. The topological polar surface area (TPSA) is 79.3 Å². The van der Waals surface area contributed by atoms with Gasteiger partial charge in [0, 0.05) is 67.9 Å². The van der Waals surface area contributed by atoms with Crippen LogP contribution in [0.2, 0.25) is 0 Å². The lowest BCUT2D eigenvalue weighted by Gasteiger charge is -2.34. The van der Waals surface area contributed by atoms with Gasteiger partial charge in [0.05, 0.1) is 18.5 Å². The van der Waals surface area contributed by atoms with Crippen LogP contribution in [0.5, 0.6) is 5.88 Å². The minimum absolute atomic E-state index is 0.110. The summed E-state index contributed by atoms with van der Waals surface area (Å²) in [5.41, 5.74) is 5.93. The minimum Gasteiger partial charge on any atom is -0.478 e. The first-order chi connectivity index (χ1) is 15.5. The van der Waals surface area contributed by atoms with Crippen LogP contribution in [-0.4, -0.2) is 63.2 Å². The molecule has 0 saturated carbocycles. The van der Waals surface area contributed by atoms with Crippen LogP contribution >= 0.6 is 11.3 Å². The van der Waals surface area contributed by atoms with Crippen LogP contribution in [0.1, 0.15) is 47.4 Å². The van der Waals surface area contributed by atoms with Crippen molar-refractivity contribution >= 4 is 22.3 Å². The largest absolute Gasteiger partial charge is 0.478 e. The molecule has 0 aliphatic carbocycles. The zero-order valence-corrected chi connectivity index (χ0v) is 19.8. The highest BCUT2D eigenvalue weighted by atomic mass is 32.1. The van der Waals surface area contributed by atoms with Crippen LogP contribution in [0, 0.1) is 6.92 Å². The standard InChI is InChI=1S/C23H30N6O2S/c1-4-18-20(16(3)30)15(2)25-21(18)19-14-32-23(26-19)28-9-7-27(8-10-28)13-17-12-24-29-6-5-11-31-22(17)29/h12,14,25H,4-11,13H2,1-3H3. The van der Waals surface area contributed by atoms with Crippen molar-refractivity contribution < 1.29 is 9.53 Å². The van der Waals surface area contributed by atoms with E-state index in [1.165, 1.54) is 5.56 Å².